The minimum atomic E-state index is -0.0476. The van der Waals surface area contributed by atoms with Crippen LogP contribution in [0.1, 0.15) is 11.4 Å². The number of aliphatic hydroxyl groups is 1. The van der Waals surface area contributed by atoms with Crippen molar-refractivity contribution in [3.63, 3.8) is 0 Å². The topological polar surface area (TPSA) is 46.0 Å². The Balaban J connectivity index is 2.86. The molecule has 0 spiro atoms. The zero-order valence-electron chi connectivity index (χ0n) is 6.11. The smallest absolute Gasteiger partial charge is 0.162 e. The summed E-state index contributed by atoms with van der Waals surface area (Å²) in [5.74, 6) is 0. The number of hydrogen-bond acceptors (Lipinski definition) is 3. The zero-order chi connectivity index (χ0) is 8.27. The van der Waals surface area contributed by atoms with Crippen LogP contribution in [0.2, 0.25) is 0 Å². The van der Waals surface area contributed by atoms with Crippen LogP contribution in [0.4, 0.5) is 0 Å². The highest BCUT2D eigenvalue weighted by Gasteiger charge is 2.01. The van der Waals surface area contributed by atoms with Crippen molar-refractivity contribution in [2.45, 2.75) is 13.3 Å². The molecule has 0 saturated heterocycles. The summed E-state index contributed by atoms with van der Waals surface area (Å²) in [6, 6.07) is 0. The van der Waals surface area contributed by atoms with Crippen LogP contribution in [-0.4, -0.2) is 20.1 Å². The van der Waals surface area contributed by atoms with Gasteiger partial charge in [0, 0.05) is 12.4 Å². The summed E-state index contributed by atoms with van der Waals surface area (Å²) in [7, 11) is 0. The first kappa shape index (κ1) is 8.07. The van der Waals surface area contributed by atoms with Gasteiger partial charge in [-0.1, -0.05) is 0 Å². The van der Waals surface area contributed by atoms with Crippen LogP contribution in [0, 0.1) is 6.92 Å². The third kappa shape index (κ3) is 2.23. The Labute approximate surface area is 70.1 Å². The predicted octanol–water partition coefficient (Wildman–Crippen LogP) is 1.21. The maximum atomic E-state index is 8.79. The second-order valence-electron chi connectivity index (χ2n) is 2.16. The Morgan fingerprint density at radius 1 is 1.55 bits per heavy atom. The number of aliphatic hydroxyl groups excluding tert-OH is 1. The highest BCUT2D eigenvalue weighted by molar-refractivity contribution is 7.80. The Bertz CT molecular complexity index is 275. The minimum absolute atomic E-state index is 0.0476. The number of thiocarbonyl (C=S) groups is 1. The van der Waals surface area contributed by atoms with E-state index in [0.29, 0.717) is 6.42 Å². The van der Waals surface area contributed by atoms with Gasteiger partial charge in [-0.2, -0.15) is 0 Å². The van der Waals surface area contributed by atoms with Crippen molar-refractivity contribution in [3.05, 3.63) is 23.8 Å². The van der Waals surface area contributed by atoms with Gasteiger partial charge < -0.3 is 5.11 Å². The summed E-state index contributed by atoms with van der Waals surface area (Å²) < 4.78 is 0. The normalized spacial score (nSPS) is 9.55. The lowest BCUT2D eigenvalue weighted by molar-refractivity contribution is 0.554. The van der Waals surface area contributed by atoms with Crippen molar-refractivity contribution in [2.24, 2.45) is 0 Å². The molecule has 0 radical (unpaired) electrons. The van der Waals surface area contributed by atoms with Crippen LogP contribution in [0.25, 0.3) is 0 Å². The van der Waals surface area contributed by atoms with Crippen molar-refractivity contribution < 1.29 is 5.11 Å². The molecule has 0 aliphatic carbocycles. The molecule has 0 bridgehead atoms. The van der Waals surface area contributed by atoms with Crippen molar-refractivity contribution >= 4 is 17.3 Å². The lowest BCUT2D eigenvalue weighted by Gasteiger charge is -1.99. The average molecular weight is 168 g/mol. The van der Waals surface area contributed by atoms with E-state index in [4.69, 9.17) is 5.11 Å². The second-order valence-corrected chi connectivity index (χ2v) is 2.63. The number of aryl methyl sites for hydroxylation is 1. The first-order chi connectivity index (χ1) is 5.20. The molecule has 3 nitrogen and oxygen atoms in total. The van der Waals surface area contributed by atoms with E-state index in [1.54, 1.807) is 12.4 Å². The second kappa shape index (κ2) is 3.39. The van der Waals surface area contributed by atoms with Crippen LogP contribution < -0.4 is 0 Å². The molecule has 1 rings (SSSR count). The van der Waals surface area contributed by atoms with E-state index in [9.17, 15) is 0 Å². The van der Waals surface area contributed by atoms with Crippen molar-refractivity contribution in [2.75, 3.05) is 0 Å². The fraction of sp³-hybridized carbons (Fsp3) is 0.286. The molecule has 1 heterocycles. The highest BCUT2D eigenvalue weighted by atomic mass is 32.1. The van der Waals surface area contributed by atoms with Gasteiger partial charge in [0.15, 0.2) is 5.05 Å². The molecule has 0 fully saturated rings. The molecule has 4 heteroatoms. The third-order valence-corrected chi connectivity index (χ3v) is 1.45. The van der Waals surface area contributed by atoms with Gasteiger partial charge in [-0.15, -0.1) is 0 Å². The van der Waals surface area contributed by atoms with E-state index >= 15 is 0 Å². The molecule has 0 aliphatic heterocycles. The predicted molar refractivity (Wildman–Crippen MR) is 45.7 cm³/mol. The fourth-order valence-electron chi connectivity index (χ4n) is 0.753. The minimum Gasteiger partial charge on any atom is -0.502 e. The van der Waals surface area contributed by atoms with Crippen LogP contribution in [0.5, 0.6) is 0 Å². The molecule has 1 aromatic rings. The van der Waals surface area contributed by atoms with E-state index in [0.717, 1.165) is 11.4 Å². The van der Waals surface area contributed by atoms with E-state index in [1.807, 2.05) is 6.92 Å². The largest absolute Gasteiger partial charge is 0.502 e. The molecule has 58 valence electrons. The maximum Gasteiger partial charge on any atom is 0.162 e. The Morgan fingerprint density at radius 2 is 2.18 bits per heavy atom. The van der Waals surface area contributed by atoms with Gasteiger partial charge in [0.25, 0.3) is 0 Å². The van der Waals surface area contributed by atoms with Gasteiger partial charge in [0.2, 0.25) is 0 Å². The summed E-state index contributed by atoms with van der Waals surface area (Å²) in [5.41, 5.74) is 1.55. The molecule has 1 aromatic heterocycles. The van der Waals surface area contributed by atoms with Gasteiger partial charge in [-0.25, -0.2) is 0 Å². The van der Waals surface area contributed by atoms with Crippen LogP contribution in [0.3, 0.4) is 0 Å². The van der Waals surface area contributed by atoms with Crippen molar-refractivity contribution in [1.82, 2.24) is 9.97 Å². The quantitative estimate of drug-likeness (QED) is 0.674. The molecule has 1 N–H and O–H groups in total. The SMILES string of the molecule is Cc1nccnc1CC(O)=S. The van der Waals surface area contributed by atoms with Gasteiger partial charge in [0.1, 0.15) is 0 Å². The van der Waals surface area contributed by atoms with Gasteiger partial charge in [-0.3, -0.25) is 9.97 Å². The number of aromatic nitrogens is 2. The molecular weight excluding hydrogens is 160 g/mol. The summed E-state index contributed by atoms with van der Waals surface area (Å²) in [6.45, 7) is 1.83. The van der Waals surface area contributed by atoms with Crippen LogP contribution >= 0.6 is 12.2 Å². The standard InChI is InChI=1S/C7H8N2OS/c1-5-6(4-7(10)11)9-3-2-8-5/h2-3H,4H2,1H3,(H,10,11). The number of nitrogens with zero attached hydrogens (tertiary/aromatic N) is 2. The lowest BCUT2D eigenvalue weighted by Crippen LogP contribution is -2.03. The summed E-state index contributed by atoms with van der Waals surface area (Å²) in [5, 5.41) is 8.75. The van der Waals surface area contributed by atoms with Gasteiger partial charge in [-0.05, 0) is 19.1 Å². The zero-order valence-corrected chi connectivity index (χ0v) is 6.93. The molecule has 0 saturated carbocycles. The summed E-state index contributed by atoms with van der Waals surface area (Å²) >= 11 is 4.52. The van der Waals surface area contributed by atoms with Crippen molar-refractivity contribution in [1.29, 1.82) is 0 Å². The Kier molecular flexibility index (Phi) is 2.48. The fourth-order valence-corrected chi connectivity index (χ4v) is 0.890. The molecular formula is C7H8N2OS. The molecule has 0 aromatic carbocycles. The van der Waals surface area contributed by atoms with E-state index in [-0.39, 0.29) is 5.05 Å². The third-order valence-electron chi connectivity index (χ3n) is 1.30. The highest BCUT2D eigenvalue weighted by Crippen LogP contribution is 2.00. The monoisotopic (exact) mass is 168 g/mol. The van der Waals surface area contributed by atoms with E-state index < -0.39 is 0 Å². The van der Waals surface area contributed by atoms with E-state index in [1.165, 1.54) is 0 Å². The Morgan fingerprint density at radius 3 is 2.73 bits per heavy atom. The first-order valence-corrected chi connectivity index (χ1v) is 3.59. The molecule has 0 aliphatic rings. The average Bonchev–Trinajstić information content (AvgIpc) is 1.93. The first-order valence-electron chi connectivity index (χ1n) is 3.18. The van der Waals surface area contributed by atoms with E-state index in [2.05, 4.69) is 22.2 Å². The molecule has 11 heavy (non-hydrogen) atoms. The van der Waals surface area contributed by atoms with Gasteiger partial charge in [0.05, 0.1) is 17.8 Å². The van der Waals surface area contributed by atoms with Crippen LogP contribution in [-0.2, 0) is 6.42 Å². The molecule has 0 unspecified atom stereocenters. The summed E-state index contributed by atoms with van der Waals surface area (Å²) in [4.78, 5) is 8.01. The number of rotatable bonds is 2. The van der Waals surface area contributed by atoms with Crippen LogP contribution in [0.15, 0.2) is 12.4 Å². The lowest BCUT2D eigenvalue weighted by atomic mass is 10.2. The summed E-state index contributed by atoms with van der Waals surface area (Å²) in [6.07, 6.45) is 3.51. The number of hydrogen-bond donors (Lipinski definition) is 1. The molecule has 0 amide bonds. The maximum absolute atomic E-state index is 8.79. The van der Waals surface area contributed by atoms with Crippen molar-refractivity contribution in [3.8, 4) is 0 Å². The molecule has 0 atom stereocenters. The van der Waals surface area contributed by atoms with Gasteiger partial charge >= 0.3 is 0 Å². The Hall–Kier alpha value is -1.03.